The monoisotopic (exact) mass is 233 g/mol. The lowest BCUT2D eigenvalue weighted by Gasteiger charge is -2.17. The minimum absolute atomic E-state index is 0.0518. The van der Waals surface area contributed by atoms with Gasteiger partial charge in [-0.25, -0.2) is 0 Å². The maximum absolute atomic E-state index is 11.7. The highest BCUT2D eigenvalue weighted by Crippen LogP contribution is 2.28. The first kappa shape index (κ1) is 10.6. The third-order valence-electron chi connectivity index (χ3n) is 3.15. The number of epoxide rings is 1. The summed E-state index contributed by atoms with van der Waals surface area (Å²) in [4.78, 5) is 11.7. The van der Waals surface area contributed by atoms with E-state index in [1.54, 1.807) is 0 Å². The summed E-state index contributed by atoms with van der Waals surface area (Å²) in [6.45, 7) is 2.68. The summed E-state index contributed by atoms with van der Waals surface area (Å²) >= 11 is 0. The summed E-state index contributed by atoms with van der Waals surface area (Å²) in [6, 6.07) is 5.77. The Labute approximate surface area is 99.9 Å². The highest BCUT2D eigenvalue weighted by Gasteiger charge is 2.41. The van der Waals surface area contributed by atoms with Gasteiger partial charge in [-0.05, 0) is 43.5 Å². The average Bonchev–Trinajstić information content (AvgIpc) is 3.06. The Balaban J connectivity index is 1.73. The van der Waals surface area contributed by atoms with Crippen molar-refractivity contribution in [1.29, 1.82) is 0 Å². The van der Waals surface area contributed by atoms with Crippen molar-refractivity contribution in [3.63, 3.8) is 0 Å². The van der Waals surface area contributed by atoms with Gasteiger partial charge >= 0.3 is 0 Å². The number of amides is 1. The first-order chi connectivity index (χ1) is 8.24. The zero-order chi connectivity index (χ0) is 11.8. The van der Waals surface area contributed by atoms with Crippen molar-refractivity contribution in [3.8, 4) is 5.75 Å². The lowest BCUT2D eigenvalue weighted by atomic mass is 10.1. The Morgan fingerprint density at radius 3 is 3.06 bits per heavy atom. The number of aryl methyl sites for hydroxylation is 1. The van der Waals surface area contributed by atoms with E-state index in [1.165, 1.54) is 5.56 Å². The van der Waals surface area contributed by atoms with E-state index in [2.05, 4.69) is 5.32 Å². The summed E-state index contributed by atoms with van der Waals surface area (Å²) in [5.41, 5.74) is 1.99. The molecule has 2 heterocycles. The van der Waals surface area contributed by atoms with Gasteiger partial charge in [0.2, 0.25) is 0 Å². The molecule has 0 spiro atoms. The second-order valence-electron chi connectivity index (χ2n) is 4.53. The van der Waals surface area contributed by atoms with Crippen LogP contribution in [-0.2, 0) is 16.0 Å². The van der Waals surface area contributed by atoms with Crippen LogP contribution in [0.2, 0.25) is 0 Å². The van der Waals surface area contributed by atoms with E-state index >= 15 is 0 Å². The van der Waals surface area contributed by atoms with Crippen LogP contribution in [0.25, 0.3) is 0 Å². The van der Waals surface area contributed by atoms with E-state index < -0.39 is 0 Å². The first-order valence-corrected chi connectivity index (χ1v) is 5.96. The molecule has 0 unspecified atom stereocenters. The normalized spacial score (nSPS) is 25.7. The molecule has 1 N–H and O–H groups in total. The largest absolute Gasteiger partial charge is 0.493 e. The maximum atomic E-state index is 11.7. The first-order valence-electron chi connectivity index (χ1n) is 5.96. The van der Waals surface area contributed by atoms with Crippen molar-refractivity contribution < 1.29 is 14.3 Å². The third-order valence-corrected chi connectivity index (χ3v) is 3.15. The van der Waals surface area contributed by atoms with E-state index in [0.29, 0.717) is 0 Å². The van der Waals surface area contributed by atoms with Crippen molar-refractivity contribution in [1.82, 2.24) is 0 Å². The fourth-order valence-corrected chi connectivity index (χ4v) is 2.11. The molecule has 0 aliphatic carbocycles. The fraction of sp³-hybridized carbons (Fsp3) is 0.462. The molecule has 0 saturated carbocycles. The van der Waals surface area contributed by atoms with Crippen molar-refractivity contribution in [2.24, 2.45) is 0 Å². The number of rotatable bonds is 2. The molecule has 4 heteroatoms. The molecule has 1 fully saturated rings. The number of hydrogen-bond donors (Lipinski definition) is 1. The molecule has 1 saturated heterocycles. The highest BCUT2D eigenvalue weighted by atomic mass is 16.6. The van der Waals surface area contributed by atoms with Crippen LogP contribution in [0.4, 0.5) is 5.69 Å². The van der Waals surface area contributed by atoms with Gasteiger partial charge in [0.05, 0.1) is 12.7 Å². The number of anilines is 1. The Kier molecular flexibility index (Phi) is 2.52. The Morgan fingerprint density at radius 2 is 2.29 bits per heavy atom. The topological polar surface area (TPSA) is 50.9 Å². The van der Waals surface area contributed by atoms with Gasteiger partial charge in [-0.15, -0.1) is 0 Å². The van der Waals surface area contributed by atoms with Crippen LogP contribution in [0.5, 0.6) is 5.75 Å². The molecule has 1 aromatic rings. The molecule has 2 aliphatic rings. The minimum Gasteiger partial charge on any atom is -0.493 e. The molecule has 90 valence electrons. The quantitative estimate of drug-likeness (QED) is 0.791. The molecule has 3 rings (SSSR count). The van der Waals surface area contributed by atoms with Crippen LogP contribution in [0, 0.1) is 0 Å². The van der Waals surface area contributed by atoms with Gasteiger partial charge in [-0.1, -0.05) is 0 Å². The minimum atomic E-state index is -0.276. The van der Waals surface area contributed by atoms with E-state index in [1.807, 2.05) is 25.1 Å². The fourth-order valence-electron chi connectivity index (χ4n) is 2.11. The molecule has 1 amide bonds. The predicted molar refractivity (Wildman–Crippen MR) is 63.2 cm³/mol. The lowest BCUT2D eigenvalue weighted by Crippen LogP contribution is -2.19. The number of nitrogens with one attached hydrogen (secondary N) is 1. The number of ether oxygens (including phenoxy) is 2. The van der Waals surface area contributed by atoms with Crippen molar-refractivity contribution in [3.05, 3.63) is 23.8 Å². The Hall–Kier alpha value is -1.55. The molecule has 0 aromatic heterocycles. The SMILES string of the molecule is C[C@@H]1O[C@H]1C(=O)Nc1ccc2c(c1)CCCO2. The van der Waals surface area contributed by atoms with Crippen molar-refractivity contribution >= 4 is 11.6 Å². The van der Waals surface area contributed by atoms with Gasteiger partial charge in [0.25, 0.3) is 5.91 Å². The highest BCUT2D eigenvalue weighted by molar-refractivity contribution is 5.96. The molecule has 0 bridgehead atoms. The van der Waals surface area contributed by atoms with Gasteiger partial charge < -0.3 is 14.8 Å². The summed E-state index contributed by atoms with van der Waals surface area (Å²) in [7, 11) is 0. The Bertz CT molecular complexity index is 458. The van der Waals surface area contributed by atoms with E-state index in [0.717, 1.165) is 30.9 Å². The van der Waals surface area contributed by atoms with Gasteiger partial charge in [0.15, 0.2) is 6.10 Å². The van der Waals surface area contributed by atoms with Crippen LogP contribution in [0.3, 0.4) is 0 Å². The maximum Gasteiger partial charge on any atom is 0.256 e. The smallest absolute Gasteiger partial charge is 0.256 e. The van der Waals surface area contributed by atoms with Gasteiger partial charge in [-0.3, -0.25) is 4.79 Å². The summed E-state index contributed by atoms with van der Waals surface area (Å²) in [5.74, 6) is 0.875. The standard InChI is InChI=1S/C13H15NO3/c1-8-12(17-8)13(15)14-10-4-5-11-9(7-10)3-2-6-16-11/h4-5,7-8,12H,2-3,6H2,1H3,(H,14,15)/t8-,12+/m0/s1. The van der Waals surface area contributed by atoms with Crippen LogP contribution in [0.15, 0.2) is 18.2 Å². The van der Waals surface area contributed by atoms with Crippen LogP contribution in [0.1, 0.15) is 18.9 Å². The molecule has 2 atom stereocenters. The Morgan fingerprint density at radius 1 is 1.47 bits per heavy atom. The van der Waals surface area contributed by atoms with Crippen LogP contribution >= 0.6 is 0 Å². The molecular formula is C13H15NO3. The molecule has 1 aromatic carbocycles. The number of hydrogen-bond acceptors (Lipinski definition) is 3. The third kappa shape index (κ3) is 2.13. The number of carbonyl (C=O) groups is 1. The number of carbonyl (C=O) groups excluding carboxylic acids is 1. The lowest BCUT2D eigenvalue weighted by molar-refractivity contribution is -0.117. The molecule has 4 nitrogen and oxygen atoms in total. The number of fused-ring (bicyclic) bond motifs is 1. The zero-order valence-electron chi connectivity index (χ0n) is 9.73. The van der Waals surface area contributed by atoms with Crippen LogP contribution in [-0.4, -0.2) is 24.7 Å². The zero-order valence-corrected chi connectivity index (χ0v) is 9.73. The van der Waals surface area contributed by atoms with E-state index in [9.17, 15) is 4.79 Å². The second-order valence-corrected chi connectivity index (χ2v) is 4.53. The number of benzene rings is 1. The second kappa shape index (κ2) is 4.04. The summed E-state index contributed by atoms with van der Waals surface area (Å²) < 4.78 is 10.6. The van der Waals surface area contributed by atoms with Gasteiger partial charge in [-0.2, -0.15) is 0 Å². The van der Waals surface area contributed by atoms with Crippen molar-refractivity contribution in [2.45, 2.75) is 32.0 Å². The van der Waals surface area contributed by atoms with Gasteiger partial charge in [0.1, 0.15) is 5.75 Å². The molecule has 2 aliphatic heterocycles. The molecular weight excluding hydrogens is 218 g/mol. The van der Waals surface area contributed by atoms with Gasteiger partial charge in [0, 0.05) is 5.69 Å². The van der Waals surface area contributed by atoms with E-state index in [4.69, 9.17) is 9.47 Å². The summed E-state index contributed by atoms with van der Waals surface area (Å²) in [6.07, 6.45) is 1.82. The molecule has 17 heavy (non-hydrogen) atoms. The van der Waals surface area contributed by atoms with Crippen molar-refractivity contribution in [2.75, 3.05) is 11.9 Å². The molecule has 0 radical (unpaired) electrons. The van der Waals surface area contributed by atoms with Crippen LogP contribution < -0.4 is 10.1 Å². The van der Waals surface area contributed by atoms with E-state index in [-0.39, 0.29) is 18.1 Å². The average molecular weight is 233 g/mol. The predicted octanol–water partition coefficient (Wildman–Crippen LogP) is 1.74. The summed E-state index contributed by atoms with van der Waals surface area (Å²) in [5, 5.41) is 2.86.